The van der Waals surface area contributed by atoms with Gasteiger partial charge >= 0.3 is 0 Å². The number of anilines is 1. The third kappa shape index (κ3) is 4.49. The van der Waals surface area contributed by atoms with E-state index >= 15 is 0 Å². The molecule has 0 spiro atoms. The first-order chi connectivity index (χ1) is 8.69. The first-order valence-corrected chi connectivity index (χ1v) is 6.39. The van der Waals surface area contributed by atoms with Crippen LogP contribution in [0, 0.1) is 13.8 Å². The van der Waals surface area contributed by atoms with E-state index in [9.17, 15) is 0 Å². The minimum atomic E-state index is 0.609. The van der Waals surface area contributed by atoms with E-state index in [2.05, 4.69) is 22.2 Å². The molecule has 0 aliphatic carbocycles. The topological polar surface area (TPSA) is 56.3 Å². The van der Waals surface area contributed by atoms with E-state index < -0.39 is 0 Å². The van der Waals surface area contributed by atoms with Gasteiger partial charge in [0.05, 0.1) is 12.2 Å². The summed E-state index contributed by atoms with van der Waals surface area (Å²) in [5.74, 6) is 2.25. The summed E-state index contributed by atoms with van der Waals surface area (Å²) < 4.78 is 10.7. The summed E-state index contributed by atoms with van der Waals surface area (Å²) in [5, 5.41) is 3.29. The smallest absolute Gasteiger partial charge is 0.221 e. The van der Waals surface area contributed by atoms with Crippen LogP contribution in [0.25, 0.3) is 0 Å². The summed E-state index contributed by atoms with van der Waals surface area (Å²) in [4.78, 5) is 8.71. The van der Waals surface area contributed by atoms with Crippen molar-refractivity contribution in [3.05, 3.63) is 11.4 Å². The normalized spacial score (nSPS) is 10.4. The number of hydrogen-bond acceptors (Lipinski definition) is 5. The van der Waals surface area contributed by atoms with Gasteiger partial charge in [-0.05, 0) is 20.3 Å². The van der Waals surface area contributed by atoms with Gasteiger partial charge in [0.25, 0.3) is 0 Å². The Labute approximate surface area is 109 Å². The van der Waals surface area contributed by atoms with Crippen molar-refractivity contribution in [3.63, 3.8) is 0 Å². The molecule has 1 N–H and O–H groups in total. The Morgan fingerprint density at radius 3 is 2.61 bits per heavy atom. The average molecular weight is 253 g/mol. The van der Waals surface area contributed by atoms with Crippen LogP contribution in [-0.4, -0.2) is 36.8 Å². The standard InChI is InChI=1S/C13H23N3O2/c1-5-7-14-12-10(2)13(16-11(3)15-12)18-9-6-8-17-4/h5-9H2,1-4H3,(H,14,15,16). The fourth-order valence-electron chi connectivity index (χ4n) is 1.53. The minimum absolute atomic E-state index is 0.609. The Balaban J connectivity index is 2.68. The van der Waals surface area contributed by atoms with Gasteiger partial charge in [0.15, 0.2) is 0 Å². The molecule has 102 valence electrons. The van der Waals surface area contributed by atoms with Gasteiger partial charge in [-0.15, -0.1) is 0 Å². The molecule has 0 fully saturated rings. The summed E-state index contributed by atoms with van der Waals surface area (Å²) in [5.41, 5.74) is 0.964. The van der Waals surface area contributed by atoms with Crippen molar-refractivity contribution in [2.45, 2.75) is 33.6 Å². The predicted molar refractivity (Wildman–Crippen MR) is 72.3 cm³/mol. The highest BCUT2D eigenvalue weighted by atomic mass is 16.5. The number of hydrogen-bond donors (Lipinski definition) is 1. The summed E-state index contributed by atoms with van der Waals surface area (Å²) in [6, 6.07) is 0. The van der Waals surface area contributed by atoms with E-state index in [0.29, 0.717) is 19.1 Å². The van der Waals surface area contributed by atoms with Crippen LogP contribution in [0.1, 0.15) is 31.2 Å². The molecule has 0 saturated carbocycles. The molecule has 1 aromatic rings. The monoisotopic (exact) mass is 253 g/mol. The first kappa shape index (κ1) is 14.7. The largest absolute Gasteiger partial charge is 0.477 e. The zero-order chi connectivity index (χ0) is 13.4. The van der Waals surface area contributed by atoms with Gasteiger partial charge < -0.3 is 14.8 Å². The van der Waals surface area contributed by atoms with Gasteiger partial charge in [0.1, 0.15) is 11.6 Å². The summed E-state index contributed by atoms with van der Waals surface area (Å²) in [7, 11) is 1.69. The second-order valence-corrected chi connectivity index (χ2v) is 4.17. The number of methoxy groups -OCH3 is 1. The van der Waals surface area contributed by atoms with Gasteiger partial charge in [-0.1, -0.05) is 6.92 Å². The summed E-state index contributed by atoms with van der Waals surface area (Å²) in [6.45, 7) is 8.18. The molecule has 0 unspecified atom stereocenters. The van der Waals surface area contributed by atoms with Gasteiger partial charge in [0.2, 0.25) is 5.88 Å². The fourth-order valence-corrected chi connectivity index (χ4v) is 1.53. The molecule has 0 bridgehead atoms. The van der Waals surface area contributed by atoms with Crippen LogP contribution in [0.3, 0.4) is 0 Å². The quantitative estimate of drug-likeness (QED) is 0.721. The maximum atomic E-state index is 5.67. The number of ether oxygens (including phenoxy) is 2. The van der Waals surface area contributed by atoms with Crippen LogP contribution >= 0.6 is 0 Å². The van der Waals surface area contributed by atoms with Crippen molar-refractivity contribution < 1.29 is 9.47 Å². The van der Waals surface area contributed by atoms with Gasteiger partial charge in [-0.2, -0.15) is 4.98 Å². The highest BCUT2D eigenvalue weighted by molar-refractivity contribution is 5.48. The molecule has 5 nitrogen and oxygen atoms in total. The van der Waals surface area contributed by atoms with E-state index in [4.69, 9.17) is 9.47 Å². The zero-order valence-corrected chi connectivity index (χ0v) is 11.7. The predicted octanol–water partition coefficient (Wildman–Crippen LogP) is 2.33. The Kier molecular flexibility index (Phi) is 6.43. The average Bonchev–Trinajstić information content (AvgIpc) is 2.36. The Morgan fingerprint density at radius 1 is 1.17 bits per heavy atom. The van der Waals surface area contributed by atoms with E-state index in [1.807, 2.05) is 13.8 Å². The molecule has 0 amide bonds. The number of aromatic nitrogens is 2. The number of rotatable bonds is 8. The van der Waals surface area contributed by atoms with Crippen molar-refractivity contribution in [3.8, 4) is 5.88 Å². The van der Waals surface area contributed by atoms with Crippen molar-refractivity contribution in [2.24, 2.45) is 0 Å². The highest BCUT2D eigenvalue weighted by Crippen LogP contribution is 2.21. The molecule has 0 aliphatic heterocycles. The molecule has 1 rings (SSSR count). The lowest BCUT2D eigenvalue weighted by molar-refractivity contribution is 0.170. The van der Waals surface area contributed by atoms with E-state index in [0.717, 1.165) is 36.6 Å². The molecule has 0 aliphatic rings. The van der Waals surface area contributed by atoms with Crippen molar-refractivity contribution in [2.75, 3.05) is 32.2 Å². The molecule has 0 saturated heterocycles. The van der Waals surface area contributed by atoms with E-state index in [1.54, 1.807) is 7.11 Å². The summed E-state index contributed by atoms with van der Waals surface area (Å²) in [6.07, 6.45) is 1.92. The maximum absolute atomic E-state index is 5.67. The zero-order valence-electron chi connectivity index (χ0n) is 11.7. The van der Waals surface area contributed by atoms with Crippen LogP contribution in [0.4, 0.5) is 5.82 Å². The van der Waals surface area contributed by atoms with Crippen molar-refractivity contribution in [1.29, 1.82) is 0 Å². The number of nitrogens with one attached hydrogen (secondary N) is 1. The van der Waals surface area contributed by atoms with Crippen LogP contribution in [-0.2, 0) is 4.74 Å². The molecule has 0 aromatic carbocycles. The van der Waals surface area contributed by atoms with Gasteiger partial charge in [0, 0.05) is 26.7 Å². The lowest BCUT2D eigenvalue weighted by Crippen LogP contribution is -2.10. The van der Waals surface area contributed by atoms with E-state index in [-0.39, 0.29) is 0 Å². The second kappa shape index (κ2) is 7.87. The molecule has 1 aromatic heterocycles. The Hall–Kier alpha value is -1.36. The lowest BCUT2D eigenvalue weighted by atomic mass is 10.3. The van der Waals surface area contributed by atoms with Crippen LogP contribution < -0.4 is 10.1 Å². The maximum Gasteiger partial charge on any atom is 0.221 e. The highest BCUT2D eigenvalue weighted by Gasteiger charge is 2.09. The third-order valence-electron chi connectivity index (χ3n) is 2.49. The lowest BCUT2D eigenvalue weighted by Gasteiger charge is -2.13. The molecule has 5 heteroatoms. The van der Waals surface area contributed by atoms with Crippen LogP contribution in [0.15, 0.2) is 0 Å². The molecular weight excluding hydrogens is 230 g/mol. The minimum Gasteiger partial charge on any atom is -0.477 e. The molecule has 1 heterocycles. The van der Waals surface area contributed by atoms with Gasteiger partial charge in [-0.3, -0.25) is 0 Å². The third-order valence-corrected chi connectivity index (χ3v) is 2.49. The van der Waals surface area contributed by atoms with Crippen LogP contribution in [0.5, 0.6) is 5.88 Å². The SMILES string of the molecule is CCCNc1nc(C)nc(OCCCOC)c1C. The Morgan fingerprint density at radius 2 is 1.94 bits per heavy atom. The summed E-state index contributed by atoms with van der Waals surface area (Å²) >= 11 is 0. The molecular formula is C13H23N3O2. The second-order valence-electron chi connectivity index (χ2n) is 4.17. The van der Waals surface area contributed by atoms with Crippen molar-refractivity contribution >= 4 is 5.82 Å². The fraction of sp³-hybridized carbons (Fsp3) is 0.692. The Bertz CT molecular complexity index is 369. The molecule has 0 atom stereocenters. The number of aryl methyl sites for hydroxylation is 1. The number of nitrogens with zero attached hydrogens (tertiary/aromatic N) is 2. The van der Waals surface area contributed by atoms with E-state index in [1.165, 1.54) is 0 Å². The van der Waals surface area contributed by atoms with Crippen LogP contribution in [0.2, 0.25) is 0 Å². The van der Waals surface area contributed by atoms with Gasteiger partial charge in [-0.25, -0.2) is 4.98 Å². The molecule has 18 heavy (non-hydrogen) atoms. The van der Waals surface area contributed by atoms with Crippen molar-refractivity contribution in [1.82, 2.24) is 9.97 Å². The molecule has 0 radical (unpaired) electrons. The first-order valence-electron chi connectivity index (χ1n) is 6.39.